The molecule has 2 atom stereocenters. The van der Waals surface area contributed by atoms with Gasteiger partial charge in [-0.05, 0) is 6.07 Å². The molecular formula is C12H10O2. The molecule has 0 radical (unpaired) electrons. The highest BCUT2D eigenvalue weighted by Gasteiger charge is 2.35. The Hall–Kier alpha value is -1.57. The maximum absolute atomic E-state index is 10.8. The maximum atomic E-state index is 10.8. The summed E-state index contributed by atoms with van der Waals surface area (Å²) < 4.78 is 5.76. The number of fused-ring (bicyclic) bond motifs is 3. The Balaban J connectivity index is 2.17. The van der Waals surface area contributed by atoms with E-state index in [4.69, 9.17) is 4.74 Å². The molecule has 1 aliphatic heterocycles. The smallest absolute Gasteiger partial charge is 0.153 e. The summed E-state index contributed by atoms with van der Waals surface area (Å²) in [5, 5.41) is 0. The molecule has 0 bridgehead atoms. The molecule has 3 rings (SSSR count). The normalized spacial score (nSPS) is 26.9. The molecule has 0 aromatic heterocycles. The Labute approximate surface area is 82.2 Å². The van der Waals surface area contributed by atoms with Crippen molar-refractivity contribution in [2.45, 2.75) is 18.4 Å². The van der Waals surface area contributed by atoms with Gasteiger partial charge >= 0.3 is 0 Å². The first kappa shape index (κ1) is 7.80. The van der Waals surface area contributed by atoms with Gasteiger partial charge in [0.05, 0.1) is 5.56 Å². The van der Waals surface area contributed by atoms with E-state index < -0.39 is 0 Å². The van der Waals surface area contributed by atoms with Crippen molar-refractivity contribution in [3.8, 4) is 5.75 Å². The van der Waals surface area contributed by atoms with Crippen LogP contribution in [0.25, 0.3) is 0 Å². The van der Waals surface area contributed by atoms with E-state index in [1.54, 1.807) is 6.07 Å². The number of rotatable bonds is 1. The van der Waals surface area contributed by atoms with Crippen LogP contribution in [-0.2, 0) is 0 Å². The summed E-state index contributed by atoms with van der Waals surface area (Å²) in [5.41, 5.74) is 1.83. The molecule has 0 amide bonds. The van der Waals surface area contributed by atoms with Crippen molar-refractivity contribution >= 4 is 6.29 Å². The zero-order chi connectivity index (χ0) is 9.54. The third-order valence-corrected chi connectivity index (χ3v) is 2.94. The highest BCUT2D eigenvalue weighted by atomic mass is 16.5. The van der Waals surface area contributed by atoms with E-state index in [1.807, 2.05) is 12.1 Å². The van der Waals surface area contributed by atoms with Gasteiger partial charge in [0.15, 0.2) is 6.29 Å². The standard InChI is InChI=1S/C12H10O2/c13-7-8-3-1-5-10-9-4-2-6-11(9)14-12(8)10/h1-5,7,9,11H,6H2/t9-,11-/m1/s1. The van der Waals surface area contributed by atoms with Gasteiger partial charge in [-0.1, -0.05) is 24.3 Å². The quantitative estimate of drug-likeness (QED) is 0.497. The zero-order valence-corrected chi connectivity index (χ0v) is 7.64. The van der Waals surface area contributed by atoms with Gasteiger partial charge in [0.2, 0.25) is 0 Å². The molecule has 0 unspecified atom stereocenters. The Bertz CT molecular complexity index is 420. The predicted molar refractivity (Wildman–Crippen MR) is 52.7 cm³/mol. The summed E-state index contributed by atoms with van der Waals surface area (Å²) in [4.78, 5) is 10.8. The fourth-order valence-electron chi connectivity index (χ4n) is 2.27. The molecule has 2 aliphatic rings. The molecule has 0 saturated heterocycles. The van der Waals surface area contributed by atoms with Crippen LogP contribution in [0, 0.1) is 0 Å². The number of carbonyl (C=O) groups is 1. The van der Waals surface area contributed by atoms with Gasteiger partial charge in [-0.25, -0.2) is 0 Å². The van der Waals surface area contributed by atoms with E-state index in [9.17, 15) is 4.79 Å². The molecule has 14 heavy (non-hydrogen) atoms. The highest BCUT2D eigenvalue weighted by molar-refractivity contribution is 5.81. The van der Waals surface area contributed by atoms with Crippen molar-refractivity contribution in [3.05, 3.63) is 41.5 Å². The summed E-state index contributed by atoms with van der Waals surface area (Å²) in [7, 11) is 0. The first-order chi connectivity index (χ1) is 6.90. The van der Waals surface area contributed by atoms with Crippen LogP contribution in [0.15, 0.2) is 30.4 Å². The SMILES string of the molecule is O=Cc1cccc2c1O[C@@H]1CC=C[C@H]21. The molecule has 0 saturated carbocycles. The largest absolute Gasteiger partial charge is 0.488 e. The van der Waals surface area contributed by atoms with E-state index in [0.717, 1.165) is 24.0 Å². The van der Waals surface area contributed by atoms with Crippen LogP contribution in [0.3, 0.4) is 0 Å². The molecular weight excluding hydrogens is 176 g/mol. The van der Waals surface area contributed by atoms with E-state index in [2.05, 4.69) is 12.2 Å². The Kier molecular flexibility index (Phi) is 1.51. The van der Waals surface area contributed by atoms with Crippen LogP contribution in [0.5, 0.6) is 5.75 Å². The van der Waals surface area contributed by atoms with Crippen LogP contribution in [0.2, 0.25) is 0 Å². The third-order valence-electron chi connectivity index (χ3n) is 2.94. The van der Waals surface area contributed by atoms with Gasteiger partial charge in [0, 0.05) is 17.9 Å². The van der Waals surface area contributed by atoms with E-state index >= 15 is 0 Å². The Morgan fingerprint density at radius 1 is 1.43 bits per heavy atom. The molecule has 1 aromatic carbocycles. The minimum Gasteiger partial charge on any atom is -0.488 e. The third kappa shape index (κ3) is 0.882. The molecule has 2 heteroatoms. The number of ether oxygens (including phenoxy) is 1. The minimum atomic E-state index is 0.228. The lowest BCUT2D eigenvalue weighted by Gasteiger charge is -2.07. The maximum Gasteiger partial charge on any atom is 0.153 e. The van der Waals surface area contributed by atoms with Crippen molar-refractivity contribution < 1.29 is 9.53 Å². The summed E-state index contributed by atoms with van der Waals surface area (Å²) in [6, 6.07) is 5.76. The number of aldehydes is 1. The first-order valence-corrected chi connectivity index (χ1v) is 4.81. The van der Waals surface area contributed by atoms with Crippen LogP contribution >= 0.6 is 0 Å². The predicted octanol–water partition coefficient (Wildman–Crippen LogP) is 2.30. The van der Waals surface area contributed by atoms with Crippen LogP contribution in [0.1, 0.15) is 28.3 Å². The van der Waals surface area contributed by atoms with Crippen molar-refractivity contribution in [2.24, 2.45) is 0 Å². The molecule has 1 aliphatic carbocycles. The fraction of sp³-hybridized carbons (Fsp3) is 0.250. The molecule has 0 N–H and O–H groups in total. The lowest BCUT2D eigenvalue weighted by molar-refractivity contribution is 0.111. The Morgan fingerprint density at radius 3 is 3.21 bits per heavy atom. The lowest BCUT2D eigenvalue weighted by atomic mass is 9.97. The number of hydrogen-bond acceptors (Lipinski definition) is 2. The first-order valence-electron chi connectivity index (χ1n) is 4.81. The van der Waals surface area contributed by atoms with Crippen LogP contribution in [0.4, 0.5) is 0 Å². The number of carbonyl (C=O) groups excluding carboxylic acids is 1. The van der Waals surface area contributed by atoms with Gasteiger partial charge in [-0.15, -0.1) is 0 Å². The summed E-state index contributed by atoms with van der Waals surface area (Å²) in [6.45, 7) is 0. The molecule has 70 valence electrons. The number of para-hydroxylation sites is 1. The lowest BCUT2D eigenvalue weighted by Crippen LogP contribution is -2.11. The summed E-state index contributed by atoms with van der Waals surface area (Å²) >= 11 is 0. The van der Waals surface area contributed by atoms with Gasteiger partial charge in [0.1, 0.15) is 11.9 Å². The molecule has 1 aromatic rings. The van der Waals surface area contributed by atoms with E-state index in [-0.39, 0.29) is 6.10 Å². The van der Waals surface area contributed by atoms with E-state index in [0.29, 0.717) is 11.5 Å². The molecule has 2 nitrogen and oxygen atoms in total. The molecule has 0 fully saturated rings. The second kappa shape index (κ2) is 2.71. The van der Waals surface area contributed by atoms with E-state index in [1.165, 1.54) is 0 Å². The van der Waals surface area contributed by atoms with Crippen molar-refractivity contribution in [1.82, 2.24) is 0 Å². The second-order valence-corrected chi connectivity index (χ2v) is 3.73. The van der Waals surface area contributed by atoms with Gasteiger partial charge < -0.3 is 4.74 Å². The number of hydrogen-bond donors (Lipinski definition) is 0. The average Bonchev–Trinajstić information content (AvgIpc) is 2.76. The second-order valence-electron chi connectivity index (χ2n) is 3.73. The molecule has 0 spiro atoms. The molecule has 1 heterocycles. The monoisotopic (exact) mass is 186 g/mol. The Morgan fingerprint density at radius 2 is 2.36 bits per heavy atom. The van der Waals surface area contributed by atoms with Gasteiger partial charge in [-0.2, -0.15) is 0 Å². The van der Waals surface area contributed by atoms with Crippen molar-refractivity contribution in [2.75, 3.05) is 0 Å². The van der Waals surface area contributed by atoms with Gasteiger partial charge in [0.25, 0.3) is 0 Å². The average molecular weight is 186 g/mol. The summed E-state index contributed by atoms with van der Waals surface area (Å²) in [6.07, 6.45) is 6.36. The zero-order valence-electron chi connectivity index (χ0n) is 7.64. The van der Waals surface area contributed by atoms with Crippen molar-refractivity contribution in [3.63, 3.8) is 0 Å². The number of benzene rings is 1. The summed E-state index contributed by atoms with van der Waals surface area (Å²) in [5.74, 6) is 1.16. The fourth-order valence-corrected chi connectivity index (χ4v) is 2.27. The highest BCUT2D eigenvalue weighted by Crippen LogP contribution is 2.44. The van der Waals surface area contributed by atoms with Crippen molar-refractivity contribution in [1.29, 1.82) is 0 Å². The van der Waals surface area contributed by atoms with Crippen LogP contribution in [-0.4, -0.2) is 12.4 Å². The van der Waals surface area contributed by atoms with Gasteiger partial charge in [-0.3, -0.25) is 4.79 Å². The topological polar surface area (TPSA) is 26.3 Å². The minimum absolute atomic E-state index is 0.228. The van der Waals surface area contributed by atoms with Crippen LogP contribution < -0.4 is 4.74 Å².